The van der Waals surface area contributed by atoms with Gasteiger partial charge in [-0.3, -0.25) is 9.59 Å². The van der Waals surface area contributed by atoms with Crippen LogP contribution in [0.5, 0.6) is 0 Å². The molecular weight excluding hydrogens is 318 g/mol. The summed E-state index contributed by atoms with van der Waals surface area (Å²) in [5.41, 5.74) is 1.29. The van der Waals surface area contributed by atoms with Crippen LogP contribution in [0.25, 0.3) is 10.9 Å². The first kappa shape index (κ1) is 15.7. The number of aromatic amines is 1. The van der Waals surface area contributed by atoms with E-state index in [1.165, 1.54) is 6.92 Å². The Bertz CT molecular complexity index is 867. The number of nitrogens with one attached hydrogen (secondary N) is 1. The van der Waals surface area contributed by atoms with Crippen molar-refractivity contribution < 1.29 is 22.7 Å². The number of Topliss-reactive ketones (excluding diaryl/α,β-unsaturated/α-hetero) is 1. The van der Waals surface area contributed by atoms with Crippen molar-refractivity contribution in [1.82, 2.24) is 4.98 Å². The summed E-state index contributed by atoms with van der Waals surface area (Å²) in [6.45, 7) is 1.51. The average molecular weight is 335 g/mol. The van der Waals surface area contributed by atoms with Gasteiger partial charge in [-0.25, -0.2) is 8.42 Å². The maximum atomic E-state index is 12.5. The van der Waals surface area contributed by atoms with Crippen LogP contribution >= 0.6 is 0 Å². The highest BCUT2D eigenvalue weighted by molar-refractivity contribution is 7.91. The zero-order chi connectivity index (χ0) is 16.6. The number of rotatable bonds is 4. The number of carbonyl (C=O) groups is 2. The monoisotopic (exact) mass is 335 g/mol. The Hall–Kier alpha value is -2.15. The molecule has 1 N–H and O–H groups in total. The van der Waals surface area contributed by atoms with Crippen LogP contribution in [0.2, 0.25) is 0 Å². The standard InChI is InChI=1S/C16H17NO5S/c1-10(22-16(19)11-6-7-23(20,21)9-11)15(18)13-8-17-14-5-3-2-4-12(13)14/h2-5,8,10-11,17H,6-7,9H2,1H3/t10-,11-/m1/s1. The lowest BCUT2D eigenvalue weighted by Gasteiger charge is -2.14. The third-order valence-corrected chi connectivity index (χ3v) is 5.85. The molecule has 1 aromatic heterocycles. The highest BCUT2D eigenvalue weighted by atomic mass is 32.2. The molecule has 2 aromatic rings. The zero-order valence-corrected chi connectivity index (χ0v) is 13.4. The SMILES string of the molecule is C[C@@H](OC(=O)[C@@H]1CCS(=O)(=O)C1)C(=O)c1c[nH]c2ccccc12. The van der Waals surface area contributed by atoms with E-state index in [1.807, 2.05) is 24.3 Å². The van der Waals surface area contributed by atoms with Gasteiger partial charge in [-0.15, -0.1) is 0 Å². The van der Waals surface area contributed by atoms with E-state index in [9.17, 15) is 18.0 Å². The van der Waals surface area contributed by atoms with Crippen LogP contribution in [-0.2, 0) is 19.4 Å². The molecule has 3 rings (SSSR count). The second-order valence-electron chi connectivity index (χ2n) is 5.79. The molecule has 2 atom stereocenters. The predicted octanol–water partition coefficient (Wildman–Crippen LogP) is 1.72. The minimum absolute atomic E-state index is 0.00244. The molecule has 0 bridgehead atoms. The van der Waals surface area contributed by atoms with E-state index < -0.39 is 27.8 Å². The maximum Gasteiger partial charge on any atom is 0.310 e. The molecule has 0 unspecified atom stereocenters. The van der Waals surface area contributed by atoms with Gasteiger partial charge in [-0.1, -0.05) is 18.2 Å². The number of ether oxygens (including phenoxy) is 1. The highest BCUT2D eigenvalue weighted by Gasteiger charge is 2.35. The molecule has 7 heteroatoms. The zero-order valence-electron chi connectivity index (χ0n) is 12.6. The van der Waals surface area contributed by atoms with E-state index in [0.29, 0.717) is 5.56 Å². The molecule has 0 radical (unpaired) electrons. The molecule has 122 valence electrons. The number of para-hydroxylation sites is 1. The van der Waals surface area contributed by atoms with Gasteiger partial charge in [0, 0.05) is 22.7 Å². The van der Waals surface area contributed by atoms with Crippen LogP contribution in [-0.4, -0.2) is 42.8 Å². The van der Waals surface area contributed by atoms with Crippen molar-refractivity contribution in [3.05, 3.63) is 36.0 Å². The van der Waals surface area contributed by atoms with Crippen molar-refractivity contribution in [2.75, 3.05) is 11.5 Å². The first-order chi connectivity index (χ1) is 10.9. The lowest BCUT2D eigenvalue weighted by atomic mass is 10.1. The number of hydrogen-bond donors (Lipinski definition) is 1. The van der Waals surface area contributed by atoms with Crippen LogP contribution in [0, 0.1) is 5.92 Å². The summed E-state index contributed by atoms with van der Waals surface area (Å²) in [4.78, 5) is 27.5. The van der Waals surface area contributed by atoms with Gasteiger partial charge >= 0.3 is 5.97 Å². The Labute approximate surface area is 133 Å². The van der Waals surface area contributed by atoms with Crippen molar-refractivity contribution in [1.29, 1.82) is 0 Å². The molecule has 0 aliphatic carbocycles. The molecule has 0 saturated carbocycles. The van der Waals surface area contributed by atoms with Crippen molar-refractivity contribution in [3.63, 3.8) is 0 Å². The molecule has 1 aliphatic rings. The summed E-state index contributed by atoms with van der Waals surface area (Å²) in [5.74, 6) is -1.79. The van der Waals surface area contributed by atoms with Crippen molar-refractivity contribution in [3.8, 4) is 0 Å². The van der Waals surface area contributed by atoms with E-state index >= 15 is 0 Å². The number of fused-ring (bicyclic) bond motifs is 1. The molecule has 1 fully saturated rings. The number of ketones is 1. The average Bonchev–Trinajstić information content (AvgIpc) is 3.09. The molecule has 1 aliphatic heterocycles. The van der Waals surface area contributed by atoms with Crippen LogP contribution in [0.3, 0.4) is 0 Å². The summed E-state index contributed by atoms with van der Waals surface area (Å²) >= 11 is 0. The summed E-state index contributed by atoms with van der Waals surface area (Å²) in [6, 6.07) is 7.35. The second kappa shape index (κ2) is 5.81. The fraction of sp³-hybridized carbons (Fsp3) is 0.375. The smallest absolute Gasteiger partial charge is 0.310 e. The topological polar surface area (TPSA) is 93.3 Å². The summed E-state index contributed by atoms with van der Waals surface area (Å²) < 4.78 is 28.0. The number of benzene rings is 1. The van der Waals surface area contributed by atoms with Gasteiger partial charge in [-0.05, 0) is 19.4 Å². The van der Waals surface area contributed by atoms with E-state index in [0.717, 1.165) is 10.9 Å². The van der Waals surface area contributed by atoms with Crippen LogP contribution in [0.1, 0.15) is 23.7 Å². The normalized spacial score (nSPS) is 21.2. The Balaban J connectivity index is 1.72. The Morgan fingerprint density at radius 1 is 1.30 bits per heavy atom. The Kier molecular flexibility index (Phi) is 3.97. The molecular formula is C16H17NO5S. The van der Waals surface area contributed by atoms with Gasteiger partial charge in [0.2, 0.25) is 5.78 Å². The number of hydrogen-bond acceptors (Lipinski definition) is 5. The van der Waals surface area contributed by atoms with E-state index in [2.05, 4.69) is 4.98 Å². The third kappa shape index (κ3) is 3.14. The van der Waals surface area contributed by atoms with Crippen molar-refractivity contribution >= 4 is 32.5 Å². The van der Waals surface area contributed by atoms with Crippen LogP contribution in [0.15, 0.2) is 30.5 Å². The minimum atomic E-state index is -3.16. The van der Waals surface area contributed by atoms with Gasteiger partial charge < -0.3 is 9.72 Å². The minimum Gasteiger partial charge on any atom is -0.454 e. The Morgan fingerprint density at radius 3 is 2.74 bits per heavy atom. The van der Waals surface area contributed by atoms with E-state index in [4.69, 9.17) is 4.74 Å². The highest BCUT2D eigenvalue weighted by Crippen LogP contribution is 2.23. The van der Waals surface area contributed by atoms with Crippen molar-refractivity contribution in [2.24, 2.45) is 5.92 Å². The Morgan fingerprint density at radius 2 is 2.04 bits per heavy atom. The molecule has 0 spiro atoms. The molecule has 1 aromatic carbocycles. The van der Waals surface area contributed by atoms with Gasteiger partial charge in [0.25, 0.3) is 0 Å². The molecule has 2 heterocycles. The number of H-pyrrole nitrogens is 1. The van der Waals surface area contributed by atoms with Gasteiger partial charge in [0.1, 0.15) is 0 Å². The van der Waals surface area contributed by atoms with Crippen LogP contribution < -0.4 is 0 Å². The lowest BCUT2D eigenvalue weighted by Crippen LogP contribution is -2.28. The predicted molar refractivity (Wildman–Crippen MR) is 84.9 cm³/mol. The number of sulfone groups is 1. The van der Waals surface area contributed by atoms with Gasteiger partial charge in [0.05, 0.1) is 17.4 Å². The lowest BCUT2D eigenvalue weighted by molar-refractivity contribution is -0.150. The van der Waals surface area contributed by atoms with E-state index in [1.54, 1.807) is 6.20 Å². The van der Waals surface area contributed by atoms with Crippen molar-refractivity contribution in [2.45, 2.75) is 19.4 Å². The van der Waals surface area contributed by atoms with Gasteiger partial charge in [0.15, 0.2) is 15.9 Å². The largest absolute Gasteiger partial charge is 0.454 e. The molecule has 0 amide bonds. The number of carbonyl (C=O) groups excluding carboxylic acids is 2. The second-order valence-corrected chi connectivity index (χ2v) is 8.02. The third-order valence-electron chi connectivity index (χ3n) is 4.08. The number of aromatic nitrogens is 1. The van der Waals surface area contributed by atoms with E-state index in [-0.39, 0.29) is 23.7 Å². The molecule has 6 nitrogen and oxygen atoms in total. The maximum absolute atomic E-state index is 12.5. The number of esters is 1. The van der Waals surface area contributed by atoms with Gasteiger partial charge in [-0.2, -0.15) is 0 Å². The summed E-state index contributed by atoms with van der Waals surface area (Å²) in [7, 11) is -3.16. The molecule has 1 saturated heterocycles. The first-order valence-corrected chi connectivity index (χ1v) is 9.21. The van der Waals surface area contributed by atoms with Crippen LogP contribution in [0.4, 0.5) is 0 Å². The summed E-state index contributed by atoms with van der Waals surface area (Å²) in [5, 5.41) is 0.767. The first-order valence-electron chi connectivity index (χ1n) is 7.38. The summed E-state index contributed by atoms with van der Waals surface area (Å²) in [6.07, 6.45) is 0.900. The fourth-order valence-corrected chi connectivity index (χ4v) is 4.53. The molecule has 23 heavy (non-hydrogen) atoms. The quantitative estimate of drug-likeness (QED) is 0.678. The fourth-order valence-electron chi connectivity index (χ4n) is 2.80.